The van der Waals surface area contributed by atoms with Crippen molar-refractivity contribution in [1.29, 1.82) is 0 Å². The van der Waals surface area contributed by atoms with Crippen molar-refractivity contribution >= 4 is 11.7 Å². The Kier molecular flexibility index (Phi) is 4.87. The van der Waals surface area contributed by atoms with Crippen molar-refractivity contribution in [3.05, 3.63) is 72.0 Å². The number of aromatic nitrogens is 2. The van der Waals surface area contributed by atoms with Gasteiger partial charge in [0.25, 0.3) is 5.91 Å². The summed E-state index contributed by atoms with van der Waals surface area (Å²) in [5, 5.41) is 10.5. The van der Waals surface area contributed by atoms with Crippen molar-refractivity contribution in [2.24, 2.45) is 0 Å². The summed E-state index contributed by atoms with van der Waals surface area (Å²) in [6.45, 7) is 1.57. The van der Waals surface area contributed by atoms with Gasteiger partial charge in [0.05, 0.1) is 5.69 Å². The van der Waals surface area contributed by atoms with Gasteiger partial charge in [0, 0.05) is 30.8 Å². The first-order chi connectivity index (χ1) is 13.2. The number of halogens is 1. The molecule has 1 fully saturated rings. The molecule has 1 amide bonds. The zero-order chi connectivity index (χ0) is 18.6. The summed E-state index contributed by atoms with van der Waals surface area (Å²) in [5.41, 5.74) is 2.40. The van der Waals surface area contributed by atoms with Crippen LogP contribution in [0.5, 0.6) is 0 Å². The van der Waals surface area contributed by atoms with E-state index in [4.69, 9.17) is 0 Å². The molecule has 0 saturated carbocycles. The second-order valence-electron chi connectivity index (χ2n) is 6.77. The number of hydrogen-bond acceptors (Lipinski definition) is 3. The number of carbonyl (C=O) groups is 1. The Morgan fingerprint density at radius 1 is 1.15 bits per heavy atom. The van der Waals surface area contributed by atoms with Crippen molar-refractivity contribution in [1.82, 2.24) is 15.5 Å². The number of rotatable bonds is 4. The Morgan fingerprint density at radius 2 is 2.00 bits per heavy atom. The van der Waals surface area contributed by atoms with Crippen LogP contribution in [0.4, 0.5) is 10.2 Å². The average Bonchev–Trinajstić information content (AvgIpc) is 3.19. The molecule has 1 aromatic heterocycles. The Hall–Kier alpha value is -3.15. The standard InChI is InChI=1S/C21H21FN4O/c22-17-9-4-8-16(12-17)21(27)23-18-10-5-11-26(14-18)20-13-19(24-25-20)15-6-2-1-3-7-15/h1-4,6-9,12-13,18H,5,10-11,14H2,(H,23,27)(H,24,25)/t18-/m0/s1. The van der Waals surface area contributed by atoms with Gasteiger partial charge < -0.3 is 10.2 Å². The highest BCUT2D eigenvalue weighted by atomic mass is 19.1. The molecule has 138 valence electrons. The SMILES string of the molecule is O=C(N[C@H]1CCCN(c2cc(-c3ccccc3)[nH]n2)C1)c1cccc(F)c1. The molecule has 6 heteroatoms. The summed E-state index contributed by atoms with van der Waals surface area (Å²) >= 11 is 0. The largest absolute Gasteiger partial charge is 0.353 e. The van der Waals surface area contributed by atoms with Crippen LogP contribution >= 0.6 is 0 Å². The molecule has 2 heterocycles. The molecule has 0 bridgehead atoms. The lowest BCUT2D eigenvalue weighted by Gasteiger charge is -2.33. The van der Waals surface area contributed by atoms with Crippen LogP contribution in [0.1, 0.15) is 23.2 Å². The van der Waals surface area contributed by atoms with Gasteiger partial charge in [-0.3, -0.25) is 9.89 Å². The van der Waals surface area contributed by atoms with E-state index in [-0.39, 0.29) is 11.9 Å². The van der Waals surface area contributed by atoms with Gasteiger partial charge in [-0.05, 0) is 36.6 Å². The number of carbonyl (C=O) groups excluding carboxylic acids is 1. The van der Waals surface area contributed by atoms with Gasteiger partial charge in [-0.15, -0.1) is 0 Å². The minimum atomic E-state index is -0.405. The van der Waals surface area contributed by atoms with Crippen LogP contribution in [0.2, 0.25) is 0 Å². The normalized spacial score (nSPS) is 16.9. The summed E-state index contributed by atoms with van der Waals surface area (Å²) in [5.74, 6) is 0.227. The molecule has 0 unspecified atom stereocenters. The molecule has 1 saturated heterocycles. The molecule has 0 spiro atoms. The Bertz CT molecular complexity index is 925. The van der Waals surface area contributed by atoms with Crippen LogP contribution in [0, 0.1) is 5.82 Å². The lowest BCUT2D eigenvalue weighted by atomic mass is 10.0. The quantitative estimate of drug-likeness (QED) is 0.743. The number of hydrogen-bond donors (Lipinski definition) is 2. The predicted octanol–water partition coefficient (Wildman–Crippen LogP) is 3.61. The highest BCUT2D eigenvalue weighted by molar-refractivity contribution is 5.94. The number of aromatic amines is 1. The van der Waals surface area contributed by atoms with Crippen LogP contribution in [0.3, 0.4) is 0 Å². The third-order valence-corrected chi connectivity index (χ3v) is 4.82. The summed E-state index contributed by atoms with van der Waals surface area (Å²) < 4.78 is 13.3. The zero-order valence-corrected chi connectivity index (χ0v) is 14.9. The van der Waals surface area contributed by atoms with Gasteiger partial charge >= 0.3 is 0 Å². The molecule has 5 nitrogen and oxygen atoms in total. The summed E-state index contributed by atoms with van der Waals surface area (Å²) in [6, 6.07) is 17.9. The number of amides is 1. The van der Waals surface area contributed by atoms with Crippen LogP contribution in [-0.4, -0.2) is 35.2 Å². The van der Waals surface area contributed by atoms with E-state index in [0.29, 0.717) is 12.1 Å². The van der Waals surface area contributed by atoms with E-state index < -0.39 is 5.82 Å². The average molecular weight is 364 g/mol. The molecule has 2 aromatic carbocycles. The zero-order valence-electron chi connectivity index (χ0n) is 14.9. The van der Waals surface area contributed by atoms with Crippen molar-refractivity contribution < 1.29 is 9.18 Å². The van der Waals surface area contributed by atoms with Crippen molar-refractivity contribution in [3.63, 3.8) is 0 Å². The number of piperidine rings is 1. The Balaban J connectivity index is 1.42. The van der Waals surface area contributed by atoms with Crippen LogP contribution < -0.4 is 10.2 Å². The monoisotopic (exact) mass is 364 g/mol. The van der Waals surface area contributed by atoms with Crippen molar-refractivity contribution in [2.45, 2.75) is 18.9 Å². The number of benzene rings is 2. The Labute approximate surface area is 157 Å². The van der Waals surface area contributed by atoms with E-state index in [2.05, 4.69) is 20.4 Å². The lowest BCUT2D eigenvalue weighted by molar-refractivity contribution is 0.0932. The fourth-order valence-electron chi connectivity index (χ4n) is 3.44. The number of anilines is 1. The minimum Gasteiger partial charge on any atom is -0.353 e. The summed E-state index contributed by atoms with van der Waals surface area (Å²) in [6.07, 6.45) is 1.86. The molecule has 4 rings (SSSR count). The van der Waals surface area contributed by atoms with E-state index in [0.717, 1.165) is 36.5 Å². The smallest absolute Gasteiger partial charge is 0.251 e. The van der Waals surface area contributed by atoms with Gasteiger partial charge in [0.15, 0.2) is 5.82 Å². The molecule has 1 aliphatic heterocycles. The second-order valence-corrected chi connectivity index (χ2v) is 6.77. The highest BCUT2D eigenvalue weighted by Gasteiger charge is 2.23. The van der Waals surface area contributed by atoms with Gasteiger partial charge in [0.1, 0.15) is 5.82 Å². The molecule has 3 aromatic rings. The third kappa shape index (κ3) is 4.00. The maximum atomic E-state index is 13.3. The van der Waals surface area contributed by atoms with Crippen LogP contribution in [-0.2, 0) is 0 Å². The molecule has 1 aliphatic rings. The van der Waals surface area contributed by atoms with E-state index in [9.17, 15) is 9.18 Å². The molecule has 0 aliphatic carbocycles. The molecule has 0 radical (unpaired) electrons. The fraction of sp³-hybridized carbons (Fsp3) is 0.238. The maximum absolute atomic E-state index is 13.3. The minimum absolute atomic E-state index is 0.00592. The molecule has 1 atom stereocenters. The predicted molar refractivity (Wildman–Crippen MR) is 103 cm³/mol. The van der Waals surface area contributed by atoms with E-state index in [1.807, 2.05) is 36.4 Å². The van der Waals surface area contributed by atoms with Crippen LogP contribution in [0.25, 0.3) is 11.3 Å². The topological polar surface area (TPSA) is 61.0 Å². The second kappa shape index (κ2) is 7.61. The van der Waals surface area contributed by atoms with Gasteiger partial charge in [-0.2, -0.15) is 5.10 Å². The van der Waals surface area contributed by atoms with E-state index in [1.54, 1.807) is 12.1 Å². The number of H-pyrrole nitrogens is 1. The molecular formula is C21H21FN4O. The summed E-state index contributed by atoms with van der Waals surface area (Å²) in [4.78, 5) is 14.5. The number of nitrogens with zero attached hydrogens (tertiary/aromatic N) is 2. The Morgan fingerprint density at radius 3 is 2.81 bits per heavy atom. The van der Waals surface area contributed by atoms with Crippen molar-refractivity contribution in [2.75, 3.05) is 18.0 Å². The van der Waals surface area contributed by atoms with E-state index >= 15 is 0 Å². The van der Waals surface area contributed by atoms with Crippen LogP contribution in [0.15, 0.2) is 60.7 Å². The van der Waals surface area contributed by atoms with Gasteiger partial charge in [-0.1, -0.05) is 36.4 Å². The molecule has 2 N–H and O–H groups in total. The maximum Gasteiger partial charge on any atom is 0.251 e. The number of nitrogens with one attached hydrogen (secondary N) is 2. The van der Waals surface area contributed by atoms with Gasteiger partial charge in [0.2, 0.25) is 0 Å². The first-order valence-electron chi connectivity index (χ1n) is 9.11. The highest BCUT2D eigenvalue weighted by Crippen LogP contribution is 2.24. The van der Waals surface area contributed by atoms with Crippen molar-refractivity contribution in [3.8, 4) is 11.3 Å². The van der Waals surface area contributed by atoms with Gasteiger partial charge in [-0.25, -0.2) is 4.39 Å². The third-order valence-electron chi connectivity index (χ3n) is 4.82. The van der Waals surface area contributed by atoms with E-state index in [1.165, 1.54) is 12.1 Å². The molecular weight excluding hydrogens is 343 g/mol. The first kappa shape index (κ1) is 17.3. The summed E-state index contributed by atoms with van der Waals surface area (Å²) in [7, 11) is 0. The fourth-order valence-corrected chi connectivity index (χ4v) is 3.44. The first-order valence-corrected chi connectivity index (χ1v) is 9.11. The molecule has 27 heavy (non-hydrogen) atoms. The lowest BCUT2D eigenvalue weighted by Crippen LogP contribution is -2.48.